The van der Waals surface area contributed by atoms with Crippen LogP contribution in [0.4, 0.5) is 5.69 Å². The molecule has 2 N–H and O–H groups in total. The summed E-state index contributed by atoms with van der Waals surface area (Å²) in [5, 5.41) is 0. The Morgan fingerprint density at radius 3 is 2.29 bits per heavy atom. The summed E-state index contributed by atoms with van der Waals surface area (Å²) < 4.78 is 15.4. The molecular formula is C16H17NO4. The van der Waals surface area contributed by atoms with Crippen molar-refractivity contribution in [3.63, 3.8) is 0 Å². The number of carbonyl (C=O) groups is 1. The largest absolute Gasteiger partial charge is 0.497 e. The molecule has 0 heterocycles. The Labute approximate surface area is 123 Å². The van der Waals surface area contributed by atoms with Gasteiger partial charge in [0.1, 0.15) is 11.5 Å². The first-order chi connectivity index (χ1) is 10.1. The van der Waals surface area contributed by atoms with Crippen LogP contribution in [0.3, 0.4) is 0 Å². The highest BCUT2D eigenvalue weighted by Crippen LogP contribution is 2.36. The molecule has 0 aromatic heterocycles. The van der Waals surface area contributed by atoms with Crippen LogP contribution >= 0.6 is 0 Å². The van der Waals surface area contributed by atoms with E-state index in [-0.39, 0.29) is 0 Å². The van der Waals surface area contributed by atoms with Gasteiger partial charge in [-0.25, -0.2) is 4.79 Å². The number of carbonyl (C=O) groups excluding carboxylic acids is 1. The lowest BCUT2D eigenvalue weighted by molar-refractivity contribution is 0.0601. The maximum Gasteiger partial charge on any atom is 0.338 e. The molecule has 2 rings (SSSR count). The van der Waals surface area contributed by atoms with Gasteiger partial charge in [0.05, 0.1) is 26.9 Å². The molecule has 21 heavy (non-hydrogen) atoms. The number of rotatable bonds is 4. The molecule has 0 radical (unpaired) electrons. The fourth-order valence-electron chi connectivity index (χ4n) is 2.10. The van der Waals surface area contributed by atoms with E-state index >= 15 is 0 Å². The van der Waals surface area contributed by atoms with E-state index in [0.717, 1.165) is 5.56 Å². The Hall–Kier alpha value is -2.69. The second-order valence-corrected chi connectivity index (χ2v) is 4.36. The summed E-state index contributed by atoms with van der Waals surface area (Å²) in [6.45, 7) is 0. The third-order valence-corrected chi connectivity index (χ3v) is 3.15. The molecule has 2 aromatic rings. The highest BCUT2D eigenvalue weighted by Gasteiger charge is 2.17. The smallest absolute Gasteiger partial charge is 0.338 e. The van der Waals surface area contributed by atoms with Gasteiger partial charge in [0.15, 0.2) is 0 Å². The van der Waals surface area contributed by atoms with E-state index in [1.807, 2.05) is 6.07 Å². The van der Waals surface area contributed by atoms with Crippen molar-refractivity contribution < 1.29 is 19.0 Å². The van der Waals surface area contributed by atoms with Crippen molar-refractivity contribution in [1.82, 2.24) is 0 Å². The number of nitrogen functional groups attached to an aromatic ring is 1. The minimum Gasteiger partial charge on any atom is -0.497 e. The average molecular weight is 287 g/mol. The van der Waals surface area contributed by atoms with Gasteiger partial charge < -0.3 is 19.9 Å². The van der Waals surface area contributed by atoms with Gasteiger partial charge in [-0.2, -0.15) is 0 Å². The number of ether oxygens (including phenoxy) is 3. The summed E-state index contributed by atoms with van der Waals surface area (Å²) in [5.74, 6) is 0.824. The van der Waals surface area contributed by atoms with Crippen molar-refractivity contribution in [2.45, 2.75) is 0 Å². The van der Waals surface area contributed by atoms with Gasteiger partial charge >= 0.3 is 5.97 Å². The lowest BCUT2D eigenvalue weighted by atomic mass is 9.98. The van der Waals surface area contributed by atoms with Crippen LogP contribution in [-0.2, 0) is 4.74 Å². The number of hydrogen-bond donors (Lipinski definition) is 1. The van der Waals surface area contributed by atoms with Crippen molar-refractivity contribution >= 4 is 11.7 Å². The number of esters is 1. The molecule has 2 aromatic carbocycles. The standard InChI is InChI=1S/C16H17NO4/c1-19-11-5-7-13(15(9-11)20-2)12-6-4-10(17)8-14(12)16(18)21-3/h4-9H,17H2,1-3H3. The maximum atomic E-state index is 11.9. The molecule has 0 aliphatic rings. The van der Waals surface area contributed by atoms with Crippen LogP contribution in [0.25, 0.3) is 11.1 Å². The molecule has 5 heteroatoms. The van der Waals surface area contributed by atoms with Crippen LogP contribution < -0.4 is 15.2 Å². The third kappa shape index (κ3) is 2.91. The van der Waals surface area contributed by atoms with Crippen molar-refractivity contribution in [3.8, 4) is 22.6 Å². The maximum absolute atomic E-state index is 11.9. The molecule has 0 saturated carbocycles. The molecule has 0 fully saturated rings. The number of anilines is 1. The van der Waals surface area contributed by atoms with Gasteiger partial charge in [-0.15, -0.1) is 0 Å². The molecule has 0 aliphatic heterocycles. The topological polar surface area (TPSA) is 70.8 Å². The fourth-order valence-corrected chi connectivity index (χ4v) is 2.10. The van der Waals surface area contributed by atoms with Crippen LogP contribution in [0.15, 0.2) is 36.4 Å². The minimum absolute atomic E-state index is 0.390. The number of nitrogens with two attached hydrogens (primary N) is 1. The Morgan fingerprint density at radius 2 is 1.67 bits per heavy atom. The summed E-state index contributed by atoms with van der Waals surface area (Å²) >= 11 is 0. The van der Waals surface area contributed by atoms with E-state index in [2.05, 4.69) is 0 Å². The monoisotopic (exact) mass is 287 g/mol. The molecule has 0 aliphatic carbocycles. The molecule has 0 amide bonds. The van der Waals surface area contributed by atoms with E-state index in [4.69, 9.17) is 19.9 Å². The van der Waals surface area contributed by atoms with Crippen molar-refractivity contribution in [1.29, 1.82) is 0 Å². The molecule has 0 unspecified atom stereocenters. The zero-order valence-electron chi connectivity index (χ0n) is 12.2. The van der Waals surface area contributed by atoms with Gasteiger partial charge in [-0.3, -0.25) is 0 Å². The first-order valence-electron chi connectivity index (χ1n) is 6.31. The van der Waals surface area contributed by atoms with Crippen molar-refractivity contribution in [2.75, 3.05) is 27.1 Å². The van der Waals surface area contributed by atoms with Gasteiger partial charge in [-0.1, -0.05) is 6.07 Å². The molecule has 110 valence electrons. The van der Waals surface area contributed by atoms with Crippen LogP contribution in [-0.4, -0.2) is 27.3 Å². The first kappa shape index (κ1) is 14.7. The Morgan fingerprint density at radius 1 is 0.952 bits per heavy atom. The van der Waals surface area contributed by atoms with Crippen LogP contribution in [0, 0.1) is 0 Å². The van der Waals surface area contributed by atoms with Crippen molar-refractivity contribution in [2.24, 2.45) is 0 Å². The zero-order chi connectivity index (χ0) is 15.4. The van der Waals surface area contributed by atoms with Crippen LogP contribution in [0.2, 0.25) is 0 Å². The Kier molecular flexibility index (Phi) is 4.33. The minimum atomic E-state index is -0.449. The molecule has 0 bridgehead atoms. The molecular weight excluding hydrogens is 270 g/mol. The quantitative estimate of drug-likeness (QED) is 0.691. The Bertz CT molecular complexity index is 667. The first-order valence-corrected chi connectivity index (χ1v) is 6.31. The summed E-state index contributed by atoms with van der Waals surface area (Å²) in [7, 11) is 4.48. The lowest BCUT2D eigenvalue weighted by Crippen LogP contribution is -2.05. The molecule has 0 spiro atoms. The average Bonchev–Trinajstić information content (AvgIpc) is 2.53. The summed E-state index contributed by atoms with van der Waals surface area (Å²) in [6, 6.07) is 10.5. The molecule has 5 nitrogen and oxygen atoms in total. The van der Waals surface area contributed by atoms with E-state index in [0.29, 0.717) is 28.3 Å². The second-order valence-electron chi connectivity index (χ2n) is 4.36. The lowest BCUT2D eigenvalue weighted by Gasteiger charge is -2.13. The number of benzene rings is 2. The predicted molar refractivity (Wildman–Crippen MR) is 80.7 cm³/mol. The SMILES string of the molecule is COC(=O)c1cc(N)ccc1-c1ccc(OC)cc1OC. The summed E-state index contributed by atoms with van der Waals surface area (Å²) in [4.78, 5) is 11.9. The van der Waals surface area contributed by atoms with Gasteiger partial charge in [0.2, 0.25) is 0 Å². The molecule has 0 saturated heterocycles. The van der Waals surface area contributed by atoms with E-state index < -0.39 is 5.97 Å². The zero-order valence-corrected chi connectivity index (χ0v) is 12.2. The molecule has 0 atom stereocenters. The highest BCUT2D eigenvalue weighted by molar-refractivity contribution is 5.99. The predicted octanol–water partition coefficient (Wildman–Crippen LogP) is 2.74. The van der Waals surface area contributed by atoms with Crippen LogP contribution in [0.5, 0.6) is 11.5 Å². The van der Waals surface area contributed by atoms with Crippen LogP contribution in [0.1, 0.15) is 10.4 Å². The van der Waals surface area contributed by atoms with E-state index in [1.165, 1.54) is 7.11 Å². The van der Waals surface area contributed by atoms with Gasteiger partial charge in [0, 0.05) is 22.9 Å². The Balaban J connectivity index is 2.64. The summed E-state index contributed by atoms with van der Waals surface area (Å²) in [6.07, 6.45) is 0. The van der Waals surface area contributed by atoms with E-state index in [9.17, 15) is 4.79 Å². The fraction of sp³-hybridized carbons (Fsp3) is 0.188. The number of methoxy groups -OCH3 is 3. The normalized spacial score (nSPS) is 10.0. The van der Waals surface area contributed by atoms with Gasteiger partial charge in [0.25, 0.3) is 0 Å². The third-order valence-electron chi connectivity index (χ3n) is 3.15. The van der Waals surface area contributed by atoms with Crippen molar-refractivity contribution in [3.05, 3.63) is 42.0 Å². The van der Waals surface area contributed by atoms with Gasteiger partial charge in [-0.05, 0) is 24.3 Å². The highest BCUT2D eigenvalue weighted by atomic mass is 16.5. The summed E-state index contributed by atoms with van der Waals surface area (Å²) in [5.41, 5.74) is 8.09. The second kappa shape index (κ2) is 6.17. The number of hydrogen-bond acceptors (Lipinski definition) is 5. The van der Waals surface area contributed by atoms with E-state index in [1.54, 1.807) is 44.6 Å².